The van der Waals surface area contributed by atoms with Crippen LogP contribution in [0.1, 0.15) is 31.0 Å². The van der Waals surface area contributed by atoms with Crippen molar-refractivity contribution in [3.63, 3.8) is 0 Å². The first-order valence-corrected chi connectivity index (χ1v) is 17.8. The molecule has 0 bridgehead atoms. The van der Waals surface area contributed by atoms with E-state index in [9.17, 15) is 13.5 Å². The molecule has 1 fully saturated rings. The van der Waals surface area contributed by atoms with Crippen LogP contribution in [0.2, 0.25) is 0 Å². The molecule has 1 aliphatic rings. The molecule has 0 amide bonds. The summed E-state index contributed by atoms with van der Waals surface area (Å²) in [4.78, 5) is 9.64. The molecular weight excluding hydrogens is 621 g/mol. The number of aliphatic hydroxyl groups is 1. The fourth-order valence-corrected chi connectivity index (χ4v) is 7.80. The lowest BCUT2D eigenvalue weighted by Crippen LogP contribution is -2.48. The Morgan fingerprint density at radius 2 is 1.52 bits per heavy atom. The van der Waals surface area contributed by atoms with Gasteiger partial charge in [0.05, 0.1) is 23.2 Å². The highest BCUT2D eigenvalue weighted by Gasteiger charge is 2.25. The van der Waals surface area contributed by atoms with Crippen LogP contribution in [-0.2, 0) is 10.0 Å². The van der Waals surface area contributed by atoms with Crippen LogP contribution in [0.5, 0.6) is 0 Å². The molecule has 9 nitrogen and oxygen atoms in total. The molecule has 1 aliphatic heterocycles. The fourth-order valence-electron chi connectivity index (χ4n) is 6.47. The number of rotatable bonds is 9. The van der Waals surface area contributed by atoms with Crippen molar-refractivity contribution < 1.29 is 13.5 Å². The minimum atomic E-state index is -3.92. The highest BCUT2D eigenvalue weighted by molar-refractivity contribution is 7.90. The molecule has 0 spiro atoms. The SMILES string of the molecule is Cc1ccc(S(=O)(=O)n2cc(-c3cnn(C(C)c4ccccc4)c3)c3cc(-c4ccc(N5CCN(C[C@H](C)O)CC5)cc4)cnc32)cc1. The second-order valence-electron chi connectivity index (χ2n) is 12.7. The van der Waals surface area contributed by atoms with E-state index in [1.807, 2.05) is 49.0 Å². The molecule has 7 rings (SSSR count). The quantitative estimate of drug-likeness (QED) is 0.197. The van der Waals surface area contributed by atoms with E-state index in [2.05, 4.69) is 58.2 Å². The first-order valence-electron chi connectivity index (χ1n) is 16.4. The van der Waals surface area contributed by atoms with Crippen LogP contribution >= 0.6 is 0 Å². The summed E-state index contributed by atoms with van der Waals surface area (Å²) >= 11 is 0. The summed E-state index contributed by atoms with van der Waals surface area (Å²) in [5.74, 6) is 0. The monoisotopic (exact) mass is 660 g/mol. The van der Waals surface area contributed by atoms with Crippen molar-refractivity contribution in [1.82, 2.24) is 23.6 Å². The lowest BCUT2D eigenvalue weighted by molar-refractivity contribution is 0.123. The van der Waals surface area contributed by atoms with E-state index < -0.39 is 10.0 Å². The standard InChI is InChI=1S/C38H40N6O3S/c1-27-9-15-35(16-10-27)48(46,47)44-26-37(33-23-40-43(25-33)29(3)30-7-5-4-6-8-30)36-21-32(22-39-38(36)44)31-11-13-34(14-12-31)42-19-17-41(18-20-42)24-28(2)45/h4-16,21-23,25-26,28-29,45H,17-20,24H2,1-3H3/t28-,29?/m0/s1. The molecule has 3 aromatic heterocycles. The van der Waals surface area contributed by atoms with Crippen LogP contribution in [0.25, 0.3) is 33.3 Å². The molecule has 0 radical (unpaired) electrons. The molecule has 246 valence electrons. The van der Waals surface area contributed by atoms with E-state index in [4.69, 9.17) is 4.98 Å². The van der Waals surface area contributed by atoms with Gasteiger partial charge in [0.25, 0.3) is 10.0 Å². The van der Waals surface area contributed by atoms with Crippen LogP contribution in [0, 0.1) is 6.92 Å². The van der Waals surface area contributed by atoms with Crippen molar-refractivity contribution in [2.45, 2.75) is 37.8 Å². The van der Waals surface area contributed by atoms with Gasteiger partial charge in [0, 0.05) is 79.1 Å². The van der Waals surface area contributed by atoms with Crippen LogP contribution in [0.3, 0.4) is 0 Å². The van der Waals surface area contributed by atoms with E-state index in [1.165, 1.54) is 3.97 Å². The third-order valence-electron chi connectivity index (χ3n) is 9.24. The van der Waals surface area contributed by atoms with Crippen molar-refractivity contribution in [2.24, 2.45) is 0 Å². The number of pyridine rings is 1. The van der Waals surface area contributed by atoms with Gasteiger partial charge < -0.3 is 10.0 Å². The van der Waals surface area contributed by atoms with Gasteiger partial charge in [-0.15, -0.1) is 0 Å². The zero-order valence-electron chi connectivity index (χ0n) is 27.4. The van der Waals surface area contributed by atoms with Crippen molar-refractivity contribution in [3.8, 4) is 22.3 Å². The second-order valence-corrected chi connectivity index (χ2v) is 14.5. The zero-order chi connectivity index (χ0) is 33.4. The van der Waals surface area contributed by atoms with Crippen LogP contribution < -0.4 is 4.90 Å². The third-order valence-corrected chi connectivity index (χ3v) is 10.9. The average Bonchev–Trinajstić information content (AvgIpc) is 3.74. The number of fused-ring (bicyclic) bond motifs is 1. The normalized spacial score (nSPS) is 15.5. The maximum atomic E-state index is 14.0. The number of hydrogen-bond donors (Lipinski definition) is 1. The number of aromatic nitrogens is 4. The predicted molar refractivity (Wildman–Crippen MR) is 191 cm³/mol. The molecule has 3 aromatic carbocycles. The lowest BCUT2D eigenvalue weighted by Gasteiger charge is -2.36. The van der Waals surface area contributed by atoms with E-state index in [1.54, 1.807) is 42.9 Å². The predicted octanol–water partition coefficient (Wildman–Crippen LogP) is 6.22. The summed E-state index contributed by atoms with van der Waals surface area (Å²) in [6, 6.07) is 27.5. The Labute approximate surface area is 281 Å². The summed E-state index contributed by atoms with van der Waals surface area (Å²) in [7, 11) is -3.92. The van der Waals surface area contributed by atoms with Crippen molar-refractivity contribution in [2.75, 3.05) is 37.6 Å². The van der Waals surface area contributed by atoms with Crippen LogP contribution in [0.15, 0.2) is 115 Å². The maximum absolute atomic E-state index is 14.0. The number of β-amino-alcohol motifs (C(OH)–C–C–N with tert-alkyl or cyclic N) is 1. The van der Waals surface area contributed by atoms with Crippen molar-refractivity contribution in [1.29, 1.82) is 0 Å². The summed E-state index contributed by atoms with van der Waals surface area (Å²) in [5, 5.41) is 15.2. The minimum absolute atomic E-state index is 0.00184. The molecule has 48 heavy (non-hydrogen) atoms. The number of nitrogens with zero attached hydrogens (tertiary/aromatic N) is 6. The van der Waals surface area contributed by atoms with E-state index in [0.717, 1.165) is 70.6 Å². The van der Waals surface area contributed by atoms with Gasteiger partial charge in [-0.05, 0) is 62.2 Å². The zero-order valence-corrected chi connectivity index (χ0v) is 28.3. The van der Waals surface area contributed by atoms with Gasteiger partial charge in [0.1, 0.15) is 0 Å². The fraction of sp³-hybridized carbons (Fsp3) is 0.263. The molecule has 6 aromatic rings. The molecule has 10 heteroatoms. The van der Waals surface area contributed by atoms with E-state index >= 15 is 0 Å². The van der Waals surface area contributed by atoms with Gasteiger partial charge in [0.2, 0.25) is 0 Å². The summed E-state index contributed by atoms with van der Waals surface area (Å²) in [5.41, 5.74) is 7.08. The third kappa shape index (κ3) is 6.26. The summed E-state index contributed by atoms with van der Waals surface area (Å²) in [6.07, 6.45) is 6.86. The van der Waals surface area contributed by atoms with Crippen molar-refractivity contribution in [3.05, 3.63) is 121 Å². The number of hydrogen-bond acceptors (Lipinski definition) is 7. The Balaban J connectivity index is 1.25. The first kappa shape index (κ1) is 31.8. The highest BCUT2D eigenvalue weighted by Crippen LogP contribution is 2.35. The average molecular weight is 661 g/mol. The van der Waals surface area contributed by atoms with Gasteiger partial charge in [-0.2, -0.15) is 5.10 Å². The van der Waals surface area contributed by atoms with Crippen molar-refractivity contribution >= 4 is 26.7 Å². The van der Waals surface area contributed by atoms with E-state index in [0.29, 0.717) is 12.2 Å². The smallest absolute Gasteiger partial charge is 0.269 e. The number of aliphatic hydroxyl groups excluding tert-OH is 1. The Morgan fingerprint density at radius 1 is 0.812 bits per heavy atom. The van der Waals surface area contributed by atoms with Crippen LogP contribution in [-0.4, -0.2) is 76.0 Å². The molecule has 1 saturated heterocycles. The molecule has 1 N–H and O–H groups in total. The van der Waals surface area contributed by atoms with Crippen LogP contribution in [0.4, 0.5) is 5.69 Å². The first-order chi connectivity index (χ1) is 23.2. The molecule has 1 unspecified atom stereocenters. The topological polar surface area (TPSA) is 96.5 Å². The Kier molecular flexibility index (Phi) is 8.63. The molecule has 0 aliphatic carbocycles. The molecule has 0 saturated carbocycles. The molecule has 4 heterocycles. The van der Waals surface area contributed by atoms with Gasteiger partial charge in [-0.3, -0.25) is 9.58 Å². The lowest BCUT2D eigenvalue weighted by atomic mass is 10.0. The number of aryl methyl sites for hydroxylation is 1. The second kappa shape index (κ2) is 13.0. The summed E-state index contributed by atoms with van der Waals surface area (Å²) in [6.45, 7) is 10.2. The largest absolute Gasteiger partial charge is 0.392 e. The van der Waals surface area contributed by atoms with Gasteiger partial charge in [-0.1, -0.05) is 60.2 Å². The molecule has 2 atom stereocenters. The summed E-state index contributed by atoms with van der Waals surface area (Å²) < 4.78 is 31.2. The van der Waals surface area contributed by atoms with Gasteiger partial charge in [0.15, 0.2) is 5.65 Å². The maximum Gasteiger partial charge on any atom is 0.269 e. The Bertz CT molecular complexity index is 2130. The minimum Gasteiger partial charge on any atom is -0.392 e. The molecular formula is C38H40N6O3S. The Hall–Kier alpha value is -4.77. The number of anilines is 1. The number of benzene rings is 3. The van der Waals surface area contributed by atoms with E-state index in [-0.39, 0.29) is 17.0 Å². The van der Waals surface area contributed by atoms with Gasteiger partial charge in [-0.25, -0.2) is 17.4 Å². The number of piperazine rings is 1. The highest BCUT2D eigenvalue weighted by atomic mass is 32.2. The van der Waals surface area contributed by atoms with Gasteiger partial charge >= 0.3 is 0 Å². The Morgan fingerprint density at radius 3 is 2.21 bits per heavy atom.